The van der Waals surface area contributed by atoms with Crippen molar-refractivity contribution in [1.29, 1.82) is 0 Å². The van der Waals surface area contributed by atoms with E-state index in [0.717, 1.165) is 5.56 Å². The minimum absolute atomic E-state index is 0.00202. The fraction of sp³-hybridized carbons (Fsp3) is 0.321. The molecule has 0 aromatic heterocycles. The zero-order valence-corrected chi connectivity index (χ0v) is 21.6. The van der Waals surface area contributed by atoms with Gasteiger partial charge in [0.05, 0.1) is 25.4 Å². The standard InChI is InChI=1S/C28H29NO8/c1-13-24(32)22(15(3)30)26-23(25(13)33)28(4)20(37-26)12-17(31)21(27(28)34)14(2)29-10-9-16-7-8-18(35-5)19(11-16)36-6/h7-8,11-12,29,32-33H,9-10H2,1-6H3/b21-14+/t28-/m1/s1. The zero-order valence-electron chi connectivity index (χ0n) is 21.6. The first-order chi connectivity index (χ1) is 17.5. The van der Waals surface area contributed by atoms with Gasteiger partial charge >= 0.3 is 0 Å². The molecule has 2 aromatic carbocycles. The molecule has 0 saturated carbocycles. The third kappa shape index (κ3) is 3.91. The summed E-state index contributed by atoms with van der Waals surface area (Å²) in [5.41, 5.74) is -0.294. The number of carbonyl (C=O) groups excluding carboxylic acids is 3. The minimum atomic E-state index is -1.54. The quantitative estimate of drug-likeness (QED) is 0.293. The smallest absolute Gasteiger partial charge is 0.194 e. The molecule has 0 spiro atoms. The maximum atomic E-state index is 13.8. The third-order valence-electron chi connectivity index (χ3n) is 7.01. The zero-order chi connectivity index (χ0) is 27.2. The van der Waals surface area contributed by atoms with Gasteiger partial charge in [0, 0.05) is 23.9 Å². The average Bonchev–Trinajstić information content (AvgIpc) is 3.15. The van der Waals surface area contributed by atoms with Gasteiger partial charge in [-0.25, -0.2) is 0 Å². The van der Waals surface area contributed by atoms with Gasteiger partial charge in [-0.15, -0.1) is 0 Å². The van der Waals surface area contributed by atoms with Gasteiger partial charge in [0.1, 0.15) is 34.0 Å². The first-order valence-corrected chi connectivity index (χ1v) is 11.7. The maximum absolute atomic E-state index is 13.8. The normalized spacial score (nSPS) is 19.5. The van der Waals surface area contributed by atoms with Gasteiger partial charge in [-0.1, -0.05) is 6.07 Å². The molecule has 1 atom stereocenters. The lowest BCUT2D eigenvalue weighted by atomic mass is 9.70. The molecule has 37 heavy (non-hydrogen) atoms. The molecule has 0 unspecified atom stereocenters. The molecule has 3 N–H and O–H groups in total. The van der Waals surface area contributed by atoms with E-state index >= 15 is 0 Å². The number of phenolic OH excluding ortho intramolecular Hbond substituents is 2. The van der Waals surface area contributed by atoms with Crippen LogP contribution in [0.4, 0.5) is 0 Å². The fourth-order valence-electron chi connectivity index (χ4n) is 4.88. The predicted octanol–water partition coefficient (Wildman–Crippen LogP) is 3.42. The Morgan fingerprint density at radius 1 is 1.08 bits per heavy atom. The van der Waals surface area contributed by atoms with Crippen LogP contribution < -0.4 is 19.5 Å². The minimum Gasteiger partial charge on any atom is -0.507 e. The van der Waals surface area contributed by atoms with Crippen molar-refractivity contribution in [2.75, 3.05) is 20.8 Å². The first-order valence-electron chi connectivity index (χ1n) is 11.7. The molecule has 1 heterocycles. The van der Waals surface area contributed by atoms with E-state index in [0.29, 0.717) is 30.2 Å². The van der Waals surface area contributed by atoms with Crippen molar-refractivity contribution in [3.8, 4) is 28.7 Å². The van der Waals surface area contributed by atoms with Gasteiger partial charge in [0.2, 0.25) is 0 Å². The predicted molar refractivity (Wildman–Crippen MR) is 135 cm³/mol. The number of methoxy groups -OCH3 is 2. The van der Waals surface area contributed by atoms with Gasteiger partial charge in [-0.05, 0) is 51.8 Å². The molecule has 0 radical (unpaired) electrons. The summed E-state index contributed by atoms with van der Waals surface area (Å²) in [6.45, 7) is 6.30. The van der Waals surface area contributed by atoms with Gasteiger partial charge in [0.25, 0.3) is 0 Å². The summed E-state index contributed by atoms with van der Waals surface area (Å²) in [4.78, 5) is 39.2. The molecule has 0 saturated heterocycles. The molecule has 4 rings (SSSR count). The molecular weight excluding hydrogens is 478 g/mol. The molecule has 9 nitrogen and oxygen atoms in total. The summed E-state index contributed by atoms with van der Waals surface area (Å²) < 4.78 is 16.4. The summed E-state index contributed by atoms with van der Waals surface area (Å²) in [6.07, 6.45) is 1.78. The number of carbonyl (C=O) groups is 3. The Kier molecular flexibility index (Phi) is 6.50. The summed E-state index contributed by atoms with van der Waals surface area (Å²) in [5, 5.41) is 24.5. The molecule has 0 fully saturated rings. The van der Waals surface area contributed by atoms with Crippen LogP contribution in [0.5, 0.6) is 28.7 Å². The van der Waals surface area contributed by atoms with Crippen LogP contribution in [0.3, 0.4) is 0 Å². The molecule has 1 aliphatic heterocycles. The Morgan fingerprint density at radius 2 is 1.76 bits per heavy atom. The van der Waals surface area contributed by atoms with Crippen LogP contribution in [0.1, 0.15) is 47.8 Å². The number of phenols is 2. The number of ketones is 3. The Bertz CT molecular complexity index is 1420. The van der Waals surface area contributed by atoms with Crippen LogP contribution >= 0.6 is 0 Å². The lowest BCUT2D eigenvalue weighted by Crippen LogP contribution is -2.41. The largest absolute Gasteiger partial charge is 0.507 e. The summed E-state index contributed by atoms with van der Waals surface area (Å²) >= 11 is 0. The van der Waals surface area contributed by atoms with Gasteiger partial charge in [-0.2, -0.15) is 0 Å². The highest BCUT2D eigenvalue weighted by molar-refractivity contribution is 6.31. The molecule has 2 aliphatic rings. The summed E-state index contributed by atoms with van der Waals surface area (Å²) in [5.74, 6) is -1.29. The van der Waals surface area contributed by atoms with Gasteiger partial charge in [0.15, 0.2) is 28.8 Å². The molecule has 1 aliphatic carbocycles. The third-order valence-corrected chi connectivity index (χ3v) is 7.01. The highest BCUT2D eigenvalue weighted by Crippen LogP contribution is 2.57. The fourth-order valence-corrected chi connectivity index (χ4v) is 4.88. The Balaban J connectivity index is 1.68. The maximum Gasteiger partial charge on any atom is 0.194 e. The van der Waals surface area contributed by atoms with E-state index in [1.165, 1.54) is 26.8 Å². The summed E-state index contributed by atoms with van der Waals surface area (Å²) in [7, 11) is 3.12. The van der Waals surface area contributed by atoms with E-state index in [2.05, 4.69) is 5.32 Å². The van der Waals surface area contributed by atoms with Crippen LogP contribution in [0.2, 0.25) is 0 Å². The molecular formula is C28H29NO8. The number of allylic oxidation sites excluding steroid dienone is 4. The van der Waals surface area contributed by atoms with Crippen LogP contribution in [0, 0.1) is 6.92 Å². The molecule has 0 bridgehead atoms. The highest BCUT2D eigenvalue weighted by Gasteiger charge is 2.56. The monoisotopic (exact) mass is 507 g/mol. The van der Waals surface area contributed by atoms with Crippen LogP contribution in [-0.4, -0.2) is 48.3 Å². The van der Waals surface area contributed by atoms with Gasteiger partial charge < -0.3 is 29.7 Å². The number of benzene rings is 2. The lowest BCUT2D eigenvalue weighted by molar-refractivity contribution is -0.123. The number of fused-ring (bicyclic) bond motifs is 3. The number of ether oxygens (including phenoxy) is 3. The van der Waals surface area contributed by atoms with Crippen molar-refractivity contribution < 1.29 is 38.8 Å². The number of hydrogen-bond donors (Lipinski definition) is 3. The van der Waals surface area contributed by atoms with E-state index in [4.69, 9.17) is 14.2 Å². The van der Waals surface area contributed by atoms with Crippen molar-refractivity contribution in [3.63, 3.8) is 0 Å². The number of Topliss-reactive ketones (excluding diaryl/α,β-unsaturated/α-hetero) is 2. The number of aromatic hydroxyl groups is 2. The molecule has 9 heteroatoms. The molecule has 2 aromatic rings. The SMILES string of the molecule is COc1ccc(CCN/C(C)=C2\C(=O)C=C3Oc4c(C(C)=O)c(O)c(C)c(O)c4[C@]3(C)C2=O)cc1OC. The van der Waals surface area contributed by atoms with Crippen LogP contribution in [0.15, 0.2) is 41.3 Å². The van der Waals surface area contributed by atoms with Crippen molar-refractivity contribution in [2.45, 2.75) is 39.5 Å². The topological polar surface area (TPSA) is 131 Å². The second kappa shape index (κ2) is 9.31. The second-order valence-electron chi connectivity index (χ2n) is 9.25. The van der Waals surface area contributed by atoms with E-state index in [1.807, 2.05) is 12.1 Å². The number of hydrogen-bond acceptors (Lipinski definition) is 9. The highest BCUT2D eigenvalue weighted by atomic mass is 16.5. The van der Waals surface area contributed by atoms with E-state index < -0.39 is 28.5 Å². The van der Waals surface area contributed by atoms with Crippen molar-refractivity contribution >= 4 is 17.3 Å². The van der Waals surface area contributed by atoms with E-state index in [9.17, 15) is 24.6 Å². The average molecular weight is 508 g/mol. The second-order valence-corrected chi connectivity index (χ2v) is 9.25. The summed E-state index contributed by atoms with van der Waals surface area (Å²) in [6, 6.07) is 5.56. The number of nitrogens with one attached hydrogen (secondary N) is 1. The van der Waals surface area contributed by atoms with Crippen LogP contribution in [0.25, 0.3) is 0 Å². The first kappa shape index (κ1) is 25.8. The van der Waals surface area contributed by atoms with Crippen molar-refractivity contribution in [2.24, 2.45) is 0 Å². The Labute approximate surface area is 214 Å². The van der Waals surface area contributed by atoms with E-state index in [-0.39, 0.29) is 39.5 Å². The lowest BCUT2D eigenvalue weighted by Gasteiger charge is -2.29. The number of rotatable bonds is 7. The van der Waals surface area contributed by atoms with Crippen LogP contribution in [-0.2, 0) is 21.4 Å². The van der Waals surface area contributed by atoms with E-state index in [1.54, 1.807) is 27.2 Å². The molecule has 0 amide bonds. The van der Waals surface area contributed by atoms with Crippen molar-refractivity contribution in [1.82, 2.24) is 5.32 Å². The van der Waals surface area contributed by atoms with Crippen molar-refractivity contribution in [3.05, 3.63) is 63.6 Å². The Hall–Kier alpha value is -4.27. The molecule has 194 valence electrons. The van der Waals surface area contributed by atoms with Gasteiger partial charge in [-0.3, -0.25) is 14.4 Å². The Morgan fingerprint density at radius 3 is 2.38 bits per heavy atom.